The van der Waals surface area contributed by atoms with E-state index in [1.54, 1.807) is 10.3 Å². The smallest absolute Gasteiger partial charge is 0.326 e. The number of thiazole rings is 1. The number of nitrogens with zero attached hydrogens (tertiary/aromatic N) is 3. The fourth-order valence-corrected chi connectivity index (χ4v) is 4.38. The minimum atomic E-state index is -0.101. The molecule has 7 nitrogen and oxygen atoms in total. The van der Waals surface area contributed by atoms with Gasteiger partial charge in [-0.15, -0.1) is 0 Å². The molecule has 0 saturated carbocycles. The van der Waals surface area contributed by atoms with Crippen LogP contribution < -0.4 is 10.6 Å². The Kier molecular flexibility index (Phi) is 4.28. The Morgan fingerprint density at radius 1 is 1.23 bits per heavy atom. The van der Waals surface area contributed by atoms with Gasteiger partial charge in [-0.05, 0) is 31.9 Å². The first-order chi connectivity index (χ1) is 12.5. The third-order valence-corrected chi connectivity index (χ3v) is 5.96. The SMILES string of the molecule is Cc1csc(=O)n1CC(=O)N1CCC(n2c(=O)[nH]c3ccccc32)CC1. The average molecular weight is 372 g/mol. The van der Waals surface area contributed by atoms with Crippen LogP contribution >= 0.6 is 11.3 Å². The maximum Gasteiger partial charge on any atom is 0.326 e. The van der Waals surface area contributed by atoms with Crippen LogP contribution in [0.3, 0.4) is 0 Å². The number of para-hydroxylation sites is 2. The molecule has 1 fully saturated rings. The molecule has 3 aromatic rings. The summed E-state index contributed by atoms with van der Waals surface area (Å²) in [6.45, 7) is 3.10. The van der Waals surface area contributed by atoms with Crippen molar-refractivity contribution >= 4 is 28.3 Å². The number of nitrogens with one attached hydrogen (secondary N) is 1. The van der Waals surface area contributed by atoms with Gasteiger partial charge in [-0.3, -0.25) is 18.7 Å². The van der Waals surface area contributed by atoms with Gasteiger partial charge in [0, 0.05) is 30.2 Å². The highest BCUT2D eigenvalue weighted by Gasteiger charge is 2.26. The second kappa shape index (κ2) is 6.60. The van der Waals surface area contributed by atoms with Crippen molar-refractivity contribution in [2.24, 2.45) is 0 Å². The minimum Gasteiger partial charge on any atom is -0.341 e. The van der Waals surface area contributed by atoms with Crippen LogP contribution in [0.4, 0.5) is 0 Å². The number of amides is 1. The molecule has 0 atom stereocenters. The van der Waals surface area contributed by atoms with Gasteiger partial charge in [-0.1, -0.05) is 23.5 Å². The summed E-state index contributed by atoms with van der Waals surface area (Å²) >= 11 is 1.12. The predicted octanol–water partition coefficient (Wildman–Crippen LogP) is 1.72. The van der Waals surface area contributed by atoms with E-state index in [1.807, 2.05) is 35.8 Å². The Morgan fingerprint density at radius 2 is 1.96 bits per heavy atom. The molecule has 1 saturated heterocycles. The van der Waals surface area contributed by atoms with Crippen LogP contribution in [0.15, 0.2) is 39.2 Å². The molecule has 0 aliphatic carbocycles. The number of fused-ring (bicyclic) bond motifs is 1. The van der Waals surface area contributed by atoms with E-state index >= 15 is 0 Å². The number of rotatable bonds is 3. The molecule has 1 aromatic carbocycles. The number of benzene rings is 1. The third kappa shape index (κ3) is 2.90. The molecular weight excluding hydrogens is 352 g/mol. The van der Waals surface area contributed by atoms with Crippen LogP contribution in [0, 0.1) is 6.92 Å². The number of hydrogen-bond donors (Lipinski definition) is 1. The summed E-state index contributed by atoms with van der Waals surface area (Å²) in [5.41, 5.74) is 2.45. The van der Waals surface area contributed by atoms with Crippen LogP contribution in [-0.2, 0) is 11.3 Å². The molecule has 3 heterocycles. The number of hydrogen-bond acceptors (Lipinski definition) is 4. The fourth-order valence-electron chi connectivity index (χ4n) is 3.64. The molecule has 0 spiro atoms. The normalized spacial score (nSPS) is 15.7. The lowest BCUT2D eigenvalue weighted by molar-refractivity contribution is -0.133. The molecule has 0 unspecified atom stereocenters. The monoisotopic (exact) mass is 372 g/mol. The molecule has 2 aromatic heterocycles. The first kappa shape index (κ1) is 16.8. The van der Waals surface area contributed by atoms with Crippen molar-refractivity contribution in [3.63, 3.8) is 0 Å². The zero-order chi connectivity index (χ0) is 18.3. The third-order valence-electron chi connectivity index (χ3n) is 5.08. The summed E-state index contributed by atoms with van der Waals surface area (Å²) in [4.78, 5) is 41.2. The van der Waals surface area contributed by atoms with E-state index in [-0.39, 0.29) is 29.1 Å². The van der Waals surface area contributed by atoms with E-state index < -0.39 is 0 Å². The number of H-pyrrole nitrogens is 1. The fraction of sp³-hybridized carbons (Fsp3) is 0.389. The molecule has 1 aliphatic rings. The van der Waals surface area contributed by atoms with Crippen molar-refractivity contribution in [1.82, 2.24) is 19.0 Å². The number of aromatic nitrogens is 3. The molecule has 0 radical (unpaired) electrons. The van der Waals surface area contributed by atoms with Crippen molar-refractivity contribution in [1.29, 1.82) is 0 Å². The second-order valence-corrected chi connectivity index (χ2v) is 7.48. The summed E-state index contributed by atoms with van der Waals surface area (Å²) in [6, 6.07) is 7.74. The molecule has 4 rings (SSSR count). The first-order valence-corrected chi connectivity index (χ1v) is 9.54. The van der Waals surface area contributed by atoms with Gasteiger partial charge in [0.25, 0.3) is 0 Å². The predicted molar refractivity (Wildman–Crippen MR) is 101 cm³/mol. The van der Waals surface area contributed by atoms with E-state index in [4.69, 9.17) is 0 Å². The van der Waals surface area contributed by atoms with Crippen LogP contribution in [-0.4, -0.2) is 38.0 Å². The van der Waals surface area contributed by atoms with Gasteiger partial charge in [-0.2, -0.15) is 0 Å². The van der Waals surface area contributed by atoms with Gasteiger partial charge in [0.2, 0.25) is 5.91 Å². The topological polar surface area (TPSA) is 80.1 Å². The Bertz CT molecular complexity index is 1070. The van der Waals surface area contributed by atoms with Gasteiger partial charge < -0.3 is 9.88 Å². The van der Waals surface area contributed by atoms with Gasteiger partial charge >= 0.3 is 10.6 Å². The van der Waals surface area contributed by atoms with E-state index in [1.165, 1.54) is 4.57 Å². The van der Waals surface area contributed by atoms with Gasteiger partial charge in [0.1, 0.15) is 6.54 Å². The van der Waals surface area contributed by atoms with Crippen molar-refractivity contribution in [2.75, 3.05) is 13.1 Å². The Balaban J connectivity index is 1.47. The van der Waals surface area contributed by atoms with E-state index in [2.05, 4.69) is 4.98 Å². The maximum atomic E-state index is 12.5. The number of carbonyl (C=O) groups excluding carboxylic acids is 1. The molecule has 136 valence electrons. The number of likely N-dealkylation sites (tertiary alicyclic amines) is 1. The van der Waals surface area contributed by atoms with Crippen molar-refractivity contribution in [2.45, 2.75) is 32.4 Å². The Morgan fingerprint density at radius 3 is 2.65 bits per heavy atom. The molecule has 0 bridgehead atoms. The summed E-state index contributed by atoms with van der Waals surface area (Å²) in [7, 11) is 0. The quantitative estimate of drug-likeness (QED) is 0.760. The molecule has 1 amide bonds. The van der Waals surface area contributed by atoms with Gasteiger partial charge in [-0.25, -0.2) is 4.79 Å². The molecular formula is C18H20N4O3S. The second-order valence-electron chi connectivity index (χ2n) is 6.66. The lowest BCUT2D eigenvalue weighted by Gasteiger charge is -2.32. The highest BCUT2D eigenvalue weighted by Crippen LogP contribution is 2.25. The van der Waals surface area contributed by atoms with Crippen LogP contribution in [0.1, 0.15) is 24.6 Å². The molecule has 26 heavy (non-hydrogen) atoms. The molecule has 1 N–H and O–H groups in total. The van der Waals surface area contributed by atoms with E-state index in [0.717, 1.165) is 40.9 Å². The summed E-state index contributed by atoms with van der Waals surface area (Å²) < 4.78 is 3.33. The molecule has 1 aliphatic heterocycles. The van der Waals surface area contributed by atoms with E-state index in [0.29, 0.717) is 13.1 Å². The Hall–Kier alpha value is -2.61. The lowest BCUT2D eigenvalue weighted by atomic mass is 10.0. The largest absolute Gasteiger partial charge is 0.341 e. The standard InChI is InChI=1S/C18H20N4O3S/c1-12-11-26-18(25)21(12)10-16(23)20-8-6-13(7-9-20)22-15-5-3-2-4-14(15)19-17(22)24/h2-5,11,13H,6-10H2,1H3,(H,19,24). The van der Waals surface area contributed by atoms with Gasteiger partial charge in [0.15, 0.2) is 0 Å². The van der Waals surface area contributed by atoms with Crippen LogP contribution in [0.25, 0.3) is 11.0 Å². The van der Waals surface area contributed by atoms with Gasteiger partial charge in [0.05, 0.1) is 11.0 Å². The zero-order valence-corrected chi connectivity index (χ0v) is 15.3. The number of carbonyl (C=O) groups is 1. The van der Waals surface area contributed by atoms with Crippen LogP contribution in [0.5, 0.6) is 0 Å². The first-order valence-electron chi connectivity index (χ1n) is 8.66. The average Bonchev–Trinajstić information content (AvgIpc) is 3.14. The highest BCUT2D eigenvalue weighted by molar-refractivity contribution is 7.07. The van der Waals surface area contributed by atoms with Crippen molar-refractivity contribution in [3.8, 4) is 0 Å². The number of piperidine rings is 1. The minimum absolute atomic E-state index is 0.0432. The summed E-state index contributed by atoms with van der Waals surface area (Å²) in [5.74, 6) is -0.0432. The number of aryl methyl sites for hydroxylation is 1. The number of aromatic amines is 1. The lowest BCUT2D eigenvalue weighted by Crippen LogP contribution is -2.42. The van der Waals surface area contributed by atoms with E-state index in [9.17, 15) is 14.4 Å². The molecule has 8 heteroatoms. The summed E-state index contributed by atoms with van der Waals surface area (Å²) in [5, 5.41) is 1.77. The highest BCUT2D eigenvalue weighted by atomic mass is 32.1. The Labute approximate surface area is 153 Å². The van der Waals surface area contributed by atoms with Crippen molar-refractivity contribution in [3.05, 3.63) is 55.5 Å². The zero-order valence-electron chi connectivity index (χ0n) is 14.5. The van der Waals surface area contributed by atoms with Crippen LogP contribution in [0.2, 0.25) is 0 Å². The summed E-state index contributed by atoms with van der Waals surface area (Å²) in [6.07, 6.45) is 1.45. The number of imidazole rings is 1. The van der Waals surface area contributed by atoms with Crippen molar-refractivity contribution < 1.29 is 4.79 Å². The maximum absolute atomic E-state index is 12.5.